The van der Waals surface area contributed by atoms with Crippen LogP contribution < -0.4 is 5.32 Å². The number of thiophene rings is 1. The number of ether oxygens (including phenoxy) is 2. The summed E-state index contributed by atoms with van der Waals surface area (Å²) in [6.45, 7) is 9.14. The second-order valence-electron chi connectivity index (χ2n) is 7.78. The number of ketones is 1. The molecule has 0 bridgehead atoms. The van der Waals surface area contributed by atoms with Gasteiger partial charge in [-0.25, -0.2) is 4.79 Å². The Morgan fingerprint density at radius 1 is 1.33 bits per heavy atom. The molecule has 2 heterocycles. The average molecular weight is 390 g/mol. The average Bonchev–Trinajstić information content (AvgIpc) is 3.10. The Bertz CT molecular complexity index is 789. The number of dihydropyridines is 1. The zero-order valence-electron chi connectivity index (χ0n) is 16.4. The summed E-state index contributed by atoms with van der Waals surface area (Å²) in [7, 11) is 0. The Labute approximate surface area is 164 Å². The topological polar surface area (TPSA) is 64.6 Å². The van der Waals surface area contributed by atoms with Crippen LogP contribution in [0.3, 0.4) is 0 Å². The van der Waals surface area contributed by atoms with Crippen molar-refractivity contribution < 1.29 is 19.1 Å². The molecule has 146 valence electrons. The van der Waals surface area contributed by atoms with Gasteiger partial charge < -0.3 is 14.8 Å². The van der Waals surface area contributed by atoms with Crippen molar-refractivity contribution in [2.75, 3.05) is 19.8 Å². The molecule has 0 aromatic carbocycles. The molecule has 0 saturated heterocycles. The minimum atomic E-state index is -0.387. The number of rotatable bonds is 6. The number of allylic oxidation sites excluding steroid dienone is 3. The van der Waals surface area contributed by atoms with Crippen molar-refractivity contribution in [2.45, 2.75) is 46.5 Å². The van der Waals surface area contributed by atoms with Crippen LogP contribution in [0.1, 0.15) is 51.3 Å². The van der Waals surface area contributed by atoms with E-state index in [1.165, 1.54) is 0 Å². The molecule has 0 unspecified atom stereocenters. The highest BCUT2D eigenvalue weighted by Gasteiger charge is 2.43. The second kappa shape index (κ2) is 7.98. The SMILES string of the molecule is CCOCCOC(=O)C1=C(C)NC2=C(C(=O)CC(C)(C)C2)[C@H]1c1cccs1. The van der Waals surface area contributed by atoms with E-state index in [1.54, 1.807) is 11.3 Å². The molecule has 5 nitrogen and oxygen atoms in total. The molecule has 0 fully saturated rings. The molecular formula is C21H27NO4S. The van der Waals surface area contributed by atoms with Crippen LogP contribution in [-0.4, -0.2) is 31.6 Å². The maximum absolute atomic E-state index is 13.0. The molecule has 0 spiro atoms. The number of esters is 1. The molecule has 1 aliphatic heterocycles. The lowest BCUT2D eigenvalue weighted by molar-refractivity contribution is -0.140. The molecule has 6 heteroatoms. The van der Waals surface area contributed by atoms with Crippen molar-refractivity contribution >= 4 is 23.1 Å². The molecule has 1 aliphatic carbocycles. The molecule has 1 N–H and O–H groups in total. The van der Waals surface area contributed by atoms with Crippen molar-refractivity contribution in [1.82, 2.24) is 5.32 Å². The van der Waals surface area contributed by atoms with Gasteiger partial charge in [0.05, 0.1) is 18.1 Å². The minimum absolute atomic E-state index is 0.0846. The van der Waals surface area contributed by atoms with Crippen molar-refractivity contribution in [3.8, 4) is 0 Å². The van der Waals surface area contributed by atoms with Crippen LogP contribution >= 0.6 is 11.3 Å². The van der Waals surface area contributed by atoms with Crippen LogP contribution in [0.15, 0.2) is 40.1 Å². The predicted molar refractivity (Wildman–Crippen MR) is 105 cm³/mol. The van der Waals surface area contributed by atoms with E-state index in [4.69, 9.17) is 9.47 Å². The molecule has 2 aliphatic rings. The largest absolute Gasteiger partial charge is 0.460 e. The van der Waals surface area contributed by atoms with E-state index in [0.717, 1.165) is 28.3 Å². The molecular weight excluding hydrogens is 362 g/mol. The molecule has 1 aromatic heterocycles. The quantitative estimate of drug-likeness (QED) is 0.590. The van der Waals surface area contributed by atoms with Gasteiger partial charge in [0.2, 0.25) is 0 Å². The van der Waals surface area contributed by atoms with E-state index in [1.807, 2.05) is 31.4 Å². The molecule has 27 heavy (non-hydrogen) atoms. The molecule has 1 aromatic rings. The van der Waals surface area contributed by atoms with Crippen LogP contribution in [-0.2, 0) is 19.1 Å². The van der Waals surface area contributed by atoms with Gasteiger partial charge in [-0.1, -0.05) is 19.9 Å². The third-order valence-corrected chi connectivity index (χ3v) is 5.89. The van der Waals surface area contributed by atoms with Gasteiger partial charge in [0, 0.05) is 34.9 Å². The van der Waals surface area contributed by atoms with Gasteiger partial charge in [-0.2, -0.15) is 0 Å². The summed E-state index contributed by atoms with van der Waals surface area (Å²) in [6.07, 6.45) is 1.28. The van der Waals surface area contributed by atoms with Crippen molar-refractivity contribution in [3.63, 3.8) is 0 Å². The first-order valence-electron chi connectivity index (χ1n) is 9.36. The minimum Gasteiger partial charge on any atom is -0.460 e. The first-order valence-corrected chi connectivity index (χ1v) is 10.2. The summed E-state index contributed by atoms with van der Waals surface area (Å²) < 4.78 is 10.7. The molecule has 3 rings (SSSR count). The first-order chi connectivity index (χ1) is 12.8. The lowest BCUT2D eigenvalue weighted by Crippen LogP contribution is -2.38. The van der Waals surface area contributed by atoms with Crippen LogP contribution in [0.25, 0.3) is 0 Å². The monoisotopic (exact) mass is 389 g/mol. The summed E-state index contributed by atoms with van der Waals surface area (Å²) in [5.74, 6) is -0.633. The second-order valence-corrected chi connectivity index (χ2v) is 8.76. The van der Waals surface area contributed by atoms with Gasteiger partial charge in [0.25, 0.3) is 0 Å². The fourth-order valence-corrected chi connectivity index (χ4v) is 4.71. The van der Waals surface area contributed by atoms with Gasteiger partial charge in [-0.15, -0.1) is 11.3 Å². The third kappa shape index (κ3) is 4.17. The number of nitrogens with one attached hydrogen (secondary N) is 1. The number of carbonyl (C=O) groups is 2. The lowest BCUT2D eigenvalue weighted by Gasteiger charge is -2.39. The maximum Gasteiger partial charge on any atom is 0.336 e. The van der Waals surface area contributed by atoms with Crippen LogP contribution in [0.5, 0.6) is 0 Å². The van der Waals surface area contributed by atoms with E-state index in [-0.39, 0.29) is 29.7 Å². The highest BCUT2D eigenvalue weighted by molar-refractivity contribution is 7.10. The van der Waals surface area contributed by atoms with Gasteiger partial charge >= 0.3 is 5.97 Å². The van der Waals surface area contributed by atoms with Gasteiger partial charge in [-0.3, -0.25) is 4.79 Å². The van der Waals surface area contributed by atoms with Crippen molar-refractivity contribution in [1.29, 1.82) is 0 Å². The van der Waals surface area contributed by atoms with Crippen molar-refractivity contribution in [3.05, 3.63) is 44.9 Å². The number of hydrogen-bond acceptors (Lipinski definition) is 6. The fraction of sp³-hybridized carbons (Fsp3) is 0.524. The highest BCUT2D eigenvalue weighted by atomic mass is 32.1. The molecule has 0 radical (unpaired) electrons. The number of Topliss-reactive ketones (excluding diaryl/α,β-unsaturated/α-hetero) is 1. The Balaban J connectivity index is 1.96. The van der Waals surface area contributed by atoms with Gasteiger partial charge in [-0.05, 0) is 37.1 Å². The summed E-state index contributed by atoms with van der Waals surface area (Å²) in [5, 5.41) is 5.31. The summed E-state index contributed by atoms with van der Waals surface area (Å²) >= 11 is 1.56. The molecule has 0 amide bonds. The van der Waals surface area contributed by atoms with Crippen LogP contribution in [0.2, 0.25) is 0 Å². The number of hydrogen-bond donors (Lipinski definition) is 1. The van der Waals surface area contributed by atoms with Crippen molar-refractivity contribution in [2.24, 2.45) is 5.41 Å². The van der Waals surface area contributed by atoms with E-state index in [0.29, 0.717) is 25.2 Å². The fourth-order valence-electron chi connectivity index (χ4n) is 3.86. The molecule has 1 atom stereocenters. The highest BCUT2D eigenvalue weighted by Crippen LogP contribution is 2.47. The van der Waals surface area contributed by atoms with E-state index in [2.05, 4.69) is 19.2 Å². The van der Waals surface area contributed by atoms with Crippen LogP contribution in [0.4, 0.5) is 0 Å². The third-order valence-electron chi connectivity index (χ3n) is 4.95. The first kappa shape index (κ1) is 19.8. The van der Waals surface area contributed by atoms with Crippen LogP contribution in [0, 0.1) is 5.41 Å². The molecule has 0 saturated carbocycles. The Morgan fingerprint density at radius 2 is 2.11 bits per heavy atom. The van der Waals surface area contributed by atoms with Gasteiger partial charge in [0.15, 0.2) is 5.78 Å². The summed E-state index contributed by atoms with van der Waals surface area (Å²) in [5.41, 5.74) is 2.87. The lowest BCUT2D eigenvalue weighted by atomic mass is 9.70. The Hall–Kier alpha value is -1.92. The Kier molecular flexibility index (Phi) is 5.86. The summed E-state index contributed by atoms with van der Waals surface area (Å²) in [4.78, 5) is 26.9. The zero-order valence-corrected chi connectivity index (χ0v) is 17.2. The maximum atomic E-state index is 13.0. The smallest absolute Gasteiger partial charge is 0.336 e. The standard InChI is InChI=1S/C21H27NO4S/c1-5-25-8-9-26-20(24)17-13(2)22-14-11-21(3,4)12-15(23)18(14)19(17)16-7-6-10-27-16/h6-7,10,19,22H,5,8-9,11-12H2,1-4H3/t19-/m0/s1. The number of carbonyl (C=O) groups excluding carboxylic acids is 2. The Morgan fingerprint density at radius 3 is 2.78 bits per heavy atom. The van der Waals surface area contributed by atoms with E-state index in [9.17, 15) is 9.59 Å². The predicted octanol–water partition coefficient (Wildman–Crippen LogP) is 3.93. The van der Waals surface area contributed by atoms with Gasteiger partial charge in [0.1, 0.15) is 6.61 Å². The zero-order chi connectivity index (χ0) is 19.6. The normalized spacial score (nSPS) is 21.8. The van der Waals surface area contributed by atoms with E-state index >= 15 is 0 Å². The van der Waals surface area contributed by atoms with E-state index < -0.39 is 0 Å². The summed E-state index contributed by atoms with van der Waals surface area (Å²) in [6, 6.07) is 3.94.